The van der Waals surface area contributed by atoms with E-state index in [0.717, 1.165) is 11.1 Å². The first-order valence-corrected chi connectivity index (χ1v) is 11.8. The zero-order chi connectivity index (χ0) is 25.2. The van der Waals surface area contributed by atoms with Crippen molar-refractivity contribution in [3.8, 4) is 5.75 Å². The van der Waals surface area contributed by atoms with Crippen LogP contribution in [0.1, 0.15) is 71.5 Å². The zero-order valence-corrected chi connectivity index (χ0v) is 21.3. The molecule has 8 heteroatoms. The predicted octanol–water partition coefficient (Wildman–Crippen LogP) is 2.89. The summed E-state index contributed by atoms with van der Waals surface area (Å²) in [4.78, 5) is 27.2. The summed E-state index contributed by atoms with van der Waals surface area (Å²) in [5, 5.41) is 14.8. The van der Waals surface area contributed by atoms with Crippen LogP contribution in [0.25, 0.3) is 0 Å². The number of ether oxygens (including phenoxy) is 1. The Balaban J connectivity index is 2.00. The maximum absolute atomic E-state index is 13.7. The summed E-state index contributed by atoms with van der Waals surface area (Å²) >= 11 is 0. The molecule has 3 N–H and O–H groups in total. The average molecular weight is 465 g/mol. The van der Waals surface area contributed by atoms with Crippen molar-refractivity contribution >= 4 is 24.3 Å². The van der Waals surface area contributed by atoms with Gasteiger partial charge in [0.05, 0.1) is 12.6 Å². The second-order valence-corrected chi connectivity index (χ2v) is 10.1. The third-order valence-corrected chi connectivity index (χ3v) is 6.27. The quantitative estimate of drug-likeness (QED) is 0.477. The largest absolute Gasteiger partial charge is 0.492 e. The first-order valence-electron chi connectivity index (χ1n) is 11.8. The average Bonchev–Trinajstić information content (AvgIpc) is 2.93. The molecule has 34 heavy (non-hydrogen) atoms. The normalized spacial score (nSPS) is 14.5. The molecule has 1 unspecified atom stereocenters. The van der Waals surface area contributed by atoms with Crippen LogP contribution in [-0.4, -0.2) is 48.1 Å². The van der Waals surface area contributed by atoms with Gasteiger partial charge in [-0.1, -0.05) is 51.0 Å². The van der Waals surface area contributed by atoms with Gasteiger partial charge in [0, 0.05) is 28.7 Å². The second-order valence-electron chi connectivity index (χ2n) is 10.1. The van der Waals surface area contributed by atoms with Gasteiger partial charge in [0.1, 0.15) is 5.75 Å². The summed E-state index contributed by atoms with van der Waals surface area (Å²) in [6.07, 6.45) is 0.671. The van der Waals surface area contributed by atoms with Gasteiger partial charge in [-0.25, -0.2) is 5.01 Å². The van der Waals surface area contributed by atoms with Crippen LogP contribution in [0.15, 0.2) is 30.3 Å². The fraction of sp³-hybridized carbons (Fsp3) is 0.462. The van der Waals surface area contributed by atoms with Crippen LogP contribution in [-0.2, 0) is 0 Å². The Morgan fingerprint density at radius 2 is 1.82 bits per heavy atom. The number of rotatable bonds is 4. The van der Waals surface area contributed by atoms with E-state index in [0.29, 0.717) is 47.5 Å². The van der Waals surface area contributed by atoms with Crippen molar-refractivity contribution in [3.63, 3.8) is 0 Å². The summed E-state index contributed by atoms with van der Waals surface area (Å²) < 4.78 is 5.83. The maximum Gasteiger partial charge on any atom is 0.417 e. The minimum Gasteiger partial charge on any atom is -0.492 e. The first-order chi connectivity index (χ1) is 15.9. The minimum atomic E-state index is -0.860. The standard InChI is InChI=1S/C26H36BN3O4/c1-8-22(26(5,6)7)30(25(32)19-14-16(2)13-17(3)15-19)29-24(31)20-9-10-21-23(18(20)4)34-12-11-28-27(21)33/h9-10,13-15,22,28,33H,8,11-12H2,1-7H3,(H,29,31). The molecule has 1 aliphatic rings. The fourth-order valence-electron chi connectivity index (χ4n) is 4.68. The number of hydrogen-bond donors (Lipinski definition) is 3. The Labute approximate surface area is 203 Å². The number of aryl methyl sites for hydroxylation is 2. The SMILES string of the molecule is CCC(N(NC(=O)c1ccc2c(c1C)OCCNB2O)C(=O)c1cc(C)cc(C)c1)C(C)(C)C. The molecule has 3 rings (SSSR count). The van der Waals surface area contributed by atoms with Gasteiger partial charge >= 0.3 is 7.05 Å². The third-order valence-electron chi connectivity index (χ3n) is 6.27. The monoisotopic (exact) mass is 465 g/mol. The second kappa shape index (κ2) is 10.2. The number of fused-ring (bicyclic) bond motifs is 1. The van der Waals surface area contributed by atoms with Crippen molar-refractivity contribution in [1.29, 1.82) is 0 Å². The molecule has 2 aromatic rings. The van der Waals surface area contributed by atoms with E-state index in [2.05, 4.69) is 31.4 Å². The molecular weight excluding hydrogens is 429 g/mol. The van der Waals surface area contributed by atoms with Gasteiger partial charge in [-0.15, -0.1) is 0 Å². The van der Waals surface area contributed by atoms with Crippen LogP contribution < -0.4 is 20.9 Å². The summed E-state index contributed by atoms with van der Waals surface area (Å²) in [5.74, 6) is -0.138. The van der Waals surface area contributed by atoms with Gasteiger partial charge in [-0.3, -0.25) is 15.0 Å². The number of hydrazine groups is 1. The van der Waals surface area contributed by atoms with E-state index in [9.17, 15) is 14.6 Å². The molecule has 0 aromatic heterocycles. The first kappa shape index (κ1) is 25.8. The molecular formula is C26H36BN3O4. The lowest BCUT2D eigenvalue weighted by Crippen LogP contribution is -2.56. The third kappa shape index (κ3) is 5.45. The van der Waals surface area contributed by atoms with E-state index in [1.165, 1.54) is 5.01 Å². The van der Waals surface area contributed by atoms with Gasteiger partial charge < -0.3 is 15.0 Å². The van der Waals surface area contributed by atoms with Gasteiger partial charge in [0.15, 0.2) is 0 Å². The topological polar surface area (TPSA) is 90.9 Å². The summed E-state index contributed by atoms with van der Waals surface area (Å²) in [6, 6.07) is 8.84. The van der Waals surface area contributed by atoms with Gasteiger partial charge in [-0.2, -0.15) is 0 Å². The molecule has 1 aliphatic heterocycles. The number of amides is 2. The van der Waals surface area contributed by atoms with Crippen LogP contribution in [0.5, 0.6) is 5.75 Å². The van der Waals surface area contributed by atoms with E-state index >= 15 is 0 Å². The van der Waals surface area contributed by atoms with E-state index in [4.69, 9.17) is 4.74 Å². The lowest BCUT2D eigenvalue weighted by Gasteiger charge is -2.39. The van der Waals surface area contributed by atoms with E-state index in [1.54, 1.807) is 19.1 Å². The minimum absolute atomic E-state index is 0.229. The van der Waals surface area contributed by atoms with Crippen molar-refractivity contribution in [3.05, 3.63) is 58.1 Å². The Hall–Kier alpha value is -2.84. The summed E-state index contributed by atoms with van der Waals surface area (Å²) in [5.41, 5.74) is 6.78. The number of nitrogens with one attached hydrogen (secondary N) is 2. The molecule has 0 radical (unpaired) electrons. The van der Waals surface area contributed by atoms with E-state index in [-0.39, 0.29) is 17.4 Å². The maximum atomic E-state index is 13.7. The summed E-state index contributed by atoms with van der Waals surface area (Å²) in [7, 11) is -0.860. The number of nitrogens with zero attached hydrogens (tertiary/aromatic N) is 1. The highest BCUT2D eigenvalue weighted by Crippen LogP contribution is 2.28. The molecule has 182 valence electrons. The lowest BCUT2D eigenvalue weighted by atomic mass is 9.72. The number of hydrogen-bond acceptors (Lipinski definition) is 5. The van der Waals surface area contributed by atoms with Crippen LogP contribution in [0.4, 0.5) is 0 Å². The Morgan fingerprint density at radius 3 is 2.41 bits per heavy atom. The van der Waals surface area contributed by atoms with Gasteiger partial charge in [0.25, 0.3) is 11.8 Å². The van der Waals surface area contributed by atoms with Crippen molar-refractivity contribution in [2.75, 3.05) is 13.2 Å². The van der Waals surface area contributed by atoms with Crippen LogP contribution in [0.2, 0.25) is 0 Å². The van der Waals surface area contributed by atoms with E-state index in [1.807, 2.05) is 39.0 Å². The molecule has 0 spiro atoms. The highest BCUT2D eigenvalue weighted by molar-refractivity contribution is 6.64. The van der Waals surface area contributed by atoms with Crippen molar-refractivity contribution < 1.29 is 19.3 Å². The summed E-state index contributed by atoms with van der Waals surface area (Å²) in [6.45, 7) is 14.8. The van der Waals surface area contributed by atoms with Crippen LogP contribution in [0, 0.1) is 26.2 Å². The lowest BCUT2D eigenvalue weighted by molar-refractivity contribution is 0.0284. The molecule has 0 aliphatic carbocycles. The van der Waals surface area contributed by atoms with Crippen LogP contribution in [0.3, 0.4) is 0 Å². The van der Waals surface area contributed by atoms with Crippen molar-refractivity contribution in [1.82, 2.24) is 15.7 Å². The number of benzene rings is 2. The molecule has 2 amide bonds. The molecule has 2 aromatic carbocycles. The Morgan fingerprint density at radius 1 is 1.18 bits per heavy atom. The fourth-order valence-corrected chi connectivity index (χ4v) is 4.68. The molecule has 7 nitrogen and oxygen atoms in total. The molecule has 0 bridgehead atoms. The Kier molecular flexibility index (Phi) is 7.73. The highest BCUT2D eigenvalue weighted by atomic mass is 16.5. The number of carbonyl (C=O) groups excluding carboxylic acids is 2. The van der Waals surface area contributed by atoms with E-state index < -0.39 is 13.0 Å². The number of carbonyl (C=O) groups is 2. The molecule has 1 heterocycles. The molecule has 0 saturated carbocycles. The van der Waals surface area contributed by atoms with Crippen molar-refractivity contribution in [2.45, 2.75) is 60.9 Å². The molecule has 1 atom stereocenters. The van der Waals surface area contributed by atoms with Crippen LogP contribution >= 0.6 is 0 Å². The smallest absolute Gasteiger partial charge is 0.417 e. The van der Waals surface area contributed by atoms with Crippen molar-refractivity contribution in [2.24, 2.45) is 5.41 Å². The Bertz CT molecular complexity index is 1060. The molecule has 0 saturated heterocycles. The van der Waals surface area contributed by atoms with Gasteiger partial charge in [0.2, 0.25) is 0 Å². The zero-order valence-electron chi connectivity index (χ0n) is 21.3. The molecule has 0 fully saturated rings. The van der Waals surface area contributed by atoms with Gasteiger partial charge in [-0.05, 0) is 50.8 Å². The predicted molar refractivity (Wildman–Crippen MR) is 135 cm³/mol. The highest BCUT2D eigenvalue weighted by Gasteiger charge is 2.35.